The van der Waals surface area contributed by atoms with Gasteiger partial charge in [0.2, 0.25) is 0 Å². The number of hydrogen-bond acceptors (Lipinski definition) is 3. The first-order chi connectivity index (χ1) is 11.7. The number of carbonyl (C=O) groups excluding carboxylic acids is 1. The molecule has 0 saturated heterocycles. The van der Waals surface area contributed by atoms with Gasteiger partial charge in [-0.15, -0.1) is 0 Å². The minimum absolute atomic E-state index is 0.0110. The molecule has 1 aliphatic heterocycles. The molecule has 122 valence electrons. The van der Waals surface area contributed by atoms with Crippen molar-refractivity contribution < 1.29 is 9.53 Å². The number of aromatic nitrogens is 1. The minimum atomic E-state index is -0.470. The number of para-hydroxylation sites is 2. The molecule has 4 nitrogen and oxygen atoms in total. The topological polar surface area (TPSA) is 57.2 Å². The van der Waals surface area contributed by atoms with Crippen LogP contribution in [0.3, 0.4) is 0 Å². The molecule has 4 rings (SSSR count). The van der Waals surface area contributed by atoms with Crippen molar-refractivity contribution in [3.8, 4) is 5.75 Å². The van der Waals surface area contributed by atoms with Gasteiger partial charge in [0.05, 0.1) is 5.52 Å². The van der Waals surface area contributed by atoms with E-state index in [1.165, 1.54) is 0 Å². The average molecular weight is 320 g/mol. The molecule has 0 spiro atoms. The van der Waals surface area contributed by atoms with Crippen molar-refractivity contribution >= 4 is 16.8 Å². The standard InChI is InChI=1S/C20H20N2O2/c1-13-15(10-11-21)16-7-3-4-8-17(16)22(13)20(23)19-12-14-6-2-5-9-18(14)24-19/h2-9,19H,10-12,21H2,1H3. The fourth-order valence-corrected chi connectivity index (χ4v) is 3.64. The number of benzene rings is 2. The zero-order valence-corrected chi connectivity index (χ0v) is 13.7. The van der Waals surface area contributed by atoms with Gasteiger partial charge in [-0.3, -0.25) is 9.36 Å². The lowest BCUT2D eigenvalue weighted by Crippen LogP contribution is -2.31. The van der Waals surface area contributed by atoms with Gasteiger partial charge in [-0.25, -0.2) is 0 Å². The first-order valence-electron chi connectivity index (χ1n) is 8.28. The van der Waals surface area contributed by atoms with Gasteiger partial charge in [0.1, 0.15) is 5.75 Å². The van der Waals surface area contributed by atoms with Crippen LogP contribution in [-0.2, 0) is 12.8 Å². The second-order valence-corrected chi connectivity index (χ2v) is 6.21. The minimum Gasteiger partial charge on any atom is -0.480 e. The first kappa shape index (κ1) is 15.0. The normalized spacial score (nSPS) is 16.2. The Morgan fingerprint density at radius 2 is 1.96 bits per heavy atom. The van der Waals surface area contributed by atoms with E-state index in [1.807, 2.05) is 49.4 Å². The summed E-state index contributed by atoms with van der Waals surface area (Å²) in [6, 6.07) is 15.8. The van der Waals surface area contributed by atoms with Crippen LogP contribution in [-0.4, -0.2) is 23.1 Å². The highest BCUT2D eigenvalue weighted by molar-refractivity contribution is 5.98. The highest BCUT2D eigenvalue weighted by Gasteiger charge is 2.32. The summed E-state index contributed by atoms with van der Waals surface area (Å²) in [5, 5.41) is 1.10. The lowest BCUT2D eigenvalue weighted by molar-refractivity contribution is 0.0738. The third kappa shape index (κ3) is 2.22. The second-order valence-electron chi connectivity index (χ2n) is 6.21. The summed E-state index contributed by atoms with van der Waals surface area (Å²) in [4.78, 5) is 13.2. The summed E-state index contributed by atoms with van der Waals surface area (Å²) >= 11 is 0. The quantitative estimate of drug-likeness (QED) is 0.807. The number of hydrogen-bond donors (Lipinski definition) is 1. The predicted molar refractivity (Wildman–Crippen MR) is 94.6 cm³/mol. The molecule has 0 fully saturated rings. The Kier molecular flexibility index (Phi) is 3.62. The average Bonchev–Trinajstić information content (AvgIpc) is 3.15. The van der Waals surface area contributed by atoms with Gasteiger partial charge < -0.3 is 10.5 Å². The molecule has 2 aromatic carbocycles. The van der Waals surface area contributed by atoms with E-state index in [2.05, 4.69) is 6.07 Å². The summed E-state index contributed by atoms with van der Waals surface area (Å²) in [5.74, 6) is 0.801. The van der Waals surface area contributed by atoms with Crippen LogP contribution in [0.15, 0.2) is 48.5 Å². The van der Waals surface area contributed by atoms with Crippen molar-refractivity contribution in [3.05, 3.63) is 65.4 Å². The molecular weight excluding hydrogens is 300 g/mol. The molecule has 2 N–H and O–H groups in total. The van der Waals surface area contributed by atoms with Crippen molar-refractivity contribution in [2.24, 2.45) is 5.73 Å². The lowest BCUT2D eigenvalue weighted by Gasteiger charge is -2.13. The molecule has 0 saturated carbocycles. The second kappa shape index (κ2) is 5.80. The van der Waals surface area contributed by atoms with Gasteiger partial charge in [0.15, 0.2) is 6.10 Å². The number of rotatable bonds is 3. The van der Waals surface area contributed by atoms with E-state index in [0.717, 1.165) is 39.9 Å². The smallest absolute Gasteiger partial charge is 0.272 e. The van der Waals surface area contributed by atoms with Gasteiger partial charge in [0.25, 0.3) is 5.91 Å². The maximum absolute atomic E-state index is 13.2. The molecule has 0 radical (unpaired) electrons. The van der Waals surface area contributed by atoms with Crippen LogP contribution in [0.25, 0.3) is 10.9 Å². The van der Waals surface area contributed by atoms with E-state index >= 15 is 0 Å². The number of carbonyl (C=O) groups is 1. The molecule has 0 bridgehead atoms. The van der Waals surface area contributed by atoms with E-state index in [1.54, 1.807) is 4.57 Å². The van der Waals surface area contributed by atoms with Crippen molar-refractivity contribution in [2.75, 3.05) is 6.54 Å². The summed E-state index contributed by atoms with van der Waals surface area (Å²) in [7, 11) is 0. The van der Waals surface area contributed by atoms with Crippen molar-refractivity contribution in [1.29, 1.82) is 0 Å². The molecule has 4 heteroatoms. The maximum atomic E-state index is 13.2. The molecule has 1 unspecified atom stereocenters. The van der Waals surface area contributed by atoms with Gasteiger partial charge >= 0.3 is 0 Å². The molecule has 3 aromatic rings. The summed E-state index contributed by atoms with van der Waals surface area (Å²) in [5.41, 5.74) is 9.90. The van der Waals surface area contributed by atoms with Crippen LogP contribution in [0.5, 0.6) is 5.75 Å². The van der Waals surface area contributed by atoms with Crippen LogP contribution < -0.4 is 10.5 Å². The maximum Gasteiger partial charge on any atom is 0.272 e. The van der Waals surface area contributed by atoms with Crippen LogP contribution in [0.4, 0.5) is 0 Å². The van der Waals surface area contributed by atoms with E-state index in [4.69, 9.17) is 10.5 Å². The van der Waals surface area contributed by atoms with Crippen molar-refractivity contribution in [1.82, 2.24) is 4.57 Å². The van der Waals surface area contributed by atoms with Crippen LogP contribution in [0, 0.1) is 6.92 Å². The van der Waals surface area contributed by atoms with Crippen molar-refractivity contribution in [3.63, 3.8) is 0 Å². The Morgan fingerprint density at radius 1 is 1.21 bits per heavy atom. The molecule has 1 atom stereocenters. The molecule has 1 aliphatic rings. The fourth-order valence-electron chi connectivity index (χ4n) is 3.64. The third-order valence-electron chi connectivity index (χ3n) is 4.78. The zero-order chi connectivity index (χ0) is 16.7. The van der Waals surface area contributed by atoms with Crippen LogP contribution in [0.1, 0.15) is 21.6 Å². The van der Waals surface area contributed by atoms with Gasteiger partial charge in [-0.1, -0.05) is 36.4 Å². The summed E-state index contributed by atoms with van der Waals surface area (Å²) in [6.07, 6.45) is 0.911. The van der Waals surface area contributed by atoms with Crippen molar-refractivity contribution in [2.45, 2.75) is 25.9 Å². The zero-order valence-electron chi connectivity index (χ0n) is 13.7. The molecule has 0 aliphatic carbocycles. The predicted octanol–water partition coefficient (Wildman–Crippen LogP) is 3.09. The fraction of sp³-hybridized carbons (Fsp3) is 0.250. The highest BCUT2D eigenvalue weighted by atomic mass is 16.5. The van der Waals surface area contributed by atoms with Crippen LogP contribution >= 0.6 is 0 Å². The SMILES string of the molecule is Cc1c(CCN)c2ccccc2n1C(=O)C1Cc2ccccc2O1. The Bertz CT molecular complexity index is 902. The van der Waals surface area contributed by atoms with E-state index in [9.17, 15) is 4.79 Å². The molecular formula is C20H20N2O2. The summed E-state index contributed by atoms with van der Waals surface area (Å²) in [6.45, 7) is 2.55. The van der Waals surface area contributed by atoms with E-state index < -0.39 is 6.10 Å². The van der Waals surface area contributed by atoms with E-state index in [0.29, 0.717) is 13.0 Å². The highest BCUT2D eigenvalue weighted by Crippen LogP contribution is 2.31. The number of fused-ring (bicyclic) bond motifs is 2. The van der Waals surface area contributed by atoms with Gasteiger partial charge in [-0.05, 0) is 43.1 Å². The Balaban J connectivity index is 1.77. The monoisotopic (exact) mass is 320 g/mol. The van der Waals surface area contributed by atoms with E-state index in [-0.39, 0.29) is 5.91 Å². The molecule has 2 heterocycles. The van der Waals surface area contributed by atoms with Gasteiger partial charge in [-0.2, -0.15) is 0 Å². The molecule has 1 aromatic heterocycles. The summed E-state index contributed by atoms with van der Waals surface area (Å²) < 4.78 is 7.70. The largest absolute Gasteiger partial charge is 0.480 e. The molecule has 24 heavy (non-hydrogen) atoms. The number of nitrogens with zero attached hydrogens (tertiary/aromatic N) is 1. The van der Waals surface area contributed by atoms with Crippen LogP contribution in [0.2, 0.25) is 0 Å². The van der Waals surface area contributed by atoms with Gasteiger partial charge in [0, 0.05) is 17.5 Å². The number of ether oxygens (including phenoxy) is 1. The molecule has 0 amide bonds. The third-order valence-corrected chi connectivity index (χ3v) is 4.78. The lowest BCUT2D eigenvalue weighted by atomic mass is 10.1. The first-order valence-corrected chi connectivity index (χ1v) is 8.28. The number of nitrogens with two attached hydrogens (primary N) is 1. The Hall–Kier alpha value is -2.59. The Morgan fingerprint density at radius 3 is 2.75 bits per heavy atom. The Labute approximate surface area is 140 Å².